The van der Waals surface area contributed by atoms with E-state index in [9.17, 15) is 0 Å². The number of benzene rings is 2. The Morgan fingerprint density at radius 1 is 0.862 bits per heavy atom. The van der Waals surface area contributed by atoms with Crippen molar-refractivity contribution >= 4 is 81.4 Å². The van der Waals surface area contributed by atoms with Gasteiger partial charge in [-0.25, -0.2) is 4.98 Å². The molecule has 0 N–H and O–H groups in total. The molecule has 1 heterocycles. The molecule has 0 atom stereocenters. The van der Waals surface area contributed by atoms with E-state index in [1.54, 1.807) is 83.7 Å². The fourth-order valence-corrected chi connectivity index (χ4v) is 14.3. The lowest BCUT2D eigenvalue weighted by Gasteiger charge is -2.24. The van der Waals surface area contributed by atoms with Crippen molar-refractivity contribution in [2.24, 2.45) is 0 Å². The average molecular weight is 520 g/mol. The molecule has 29 heavy (non-hydrogen) atoms. The molecule has 0 fully saturated rings. The van der Waals surface area contributed by atoms with Crippen molar-refractivity contribution in [1.29, 1.82) is 0 Å². The van der Waals surface area contributed by atoms with E-state index in [0.717, 1.165) is 22.3 Å². The van der Waals surface area contributed by atoms with E-state index in [2.05, 4.69) is 47.4 Å². The SMILES string of the molecule is CO[Si](CCc1ccccc1SSSSSc1nc2ccccc2s1)(OC)OC. The van der Waals surface area contributed by atoms with Gasteiger partial charge >= 0.3 is 8.80 Å². The van der Waals surface area contributed by atoms with Gasteiger partial charge in [-0.1, -0.05) is 30.3 Å². The van der Waals surface area contributed by atoms with Crippen LogP contribution >= 0.6 is 62.4 Å². The minimum absolute atomic E-state index is 0.758. The van der Waals surface area contributed by atoms with Crippen molar-refractivity contribution in [1.82, 2.24) is 4.98 Å². The van der Waals surface area contributed by atoms with E-state index in [0.29, 0.717) is 0 Å². The topological polar surface area (TPSA) is 40.6 Å². The van der Waals surface area contributed by atoms with Gasteiger partial charge in [0.05, 0.1) is 10.2 Å². The minimum Gasteiger partial charge on any atom is -0.377 e. The van der Waals surface area contributed by atoms with Crippen LogP contribution in [0.15, 0.2) is 57.8 Å². The lowest BCUT2D eigenvalue weighted by Crippen LogP contribution is -2.43. The summed E-state index contributed by atoms with van der Waals surface area (Å²) in [5, 5.41) is 0. The zero-order valence-corrected chi connectivity index (χ0v) is 22.1. The molecule has 0 saturated heterocycles. The predicted octanol–water partition coefficient (Wildman–Crippen LogP) is 7.46. The summed E-state index contributed by atoms with van der Waals surface area (Å²) in [6.45, 7) is 0. The summed E-state index contributed by atoms with van der Waals surface area (Å²) in [7, 11) is 11.2. The van der Waals surface area contributed by atoms with Gasteiger partial charge in [0.25, 0.3) is 0 Å². The van der Waals surface area contributed by atoms with Gasteiger partial charge in [-0.15, -0.1) is 11.3 Å². The van der Waals surface area contributed by atoms with Gasteiger partial charge in [-0.3, -0.25) is 0 Å². The zero-order valence-electron chi connectivity index (χ0n) is 16.2. The van der Waals surface area contributed by atoms with Crippen LogP contribution in [0, 0.1) is 0 Å². The number of thiazole rings is 1. The summed E-state index contributed by atoms with van der Waals surface area (Å²) >= 11 is 1.74. The van der Waals surface area contributed by atoms with E-state index >= 15 is 0 Å². The van der Waals surface area contributed by atoms with E-state index in [1.807, 2.05) is 6.07 Å². The molecule has 0 amide bonds. The fraction of sp³-hybridized carbons (Fsp3) is 0.278. The molecule has 1 aromatic heterocycles. The summed E-state index contributed by atoms with van der Waals surface area (Å²) in [4.78, 5) is 5.92. The second-order valence-corrected chi connectivity index (χ2v) is 17.6. The molecule has 3 aromatic rings. The van der Waals surface area contributed by atoms with Crippen molar-refractivity contribution in [2.45, 2.75) is 21.7 Å². The number of para-hydroxylation sites is 1. The monoisotopic (exact) mass is 519 g/mol. The summed E-state index contributed by atoms with van der Waals surface area (Å²) < 4.78 is 19.0. The normalized spacial score (nSPS) is 12.0. The van der Waals surface area contributed by atoms with Crippen LogP contribution < -0.4 is 0 Å². The molecule has 0 unspecified atom stereocenters. The first-order valence-electron chi connectivity index (χ1n) is 8.63. The molecule has 0 aliphatic carbocycles. The molecule has 0 bridgehead atoms. The number of aromatic nitrogens is 1. The second kappa shape index (κ2) is 12.3. The molecule has 0 aliphatic rings. The summed E-state index contributed by atoms with van der Waals surface area (Å²) in [5.41, 5.74) is 2.36. The first kappa shape index (κ1) is 23.8. The number of hydrogen-bond donors (Lipinski definition) is 0. The lowest BCUT2D eigenvalue weighted by molar-refractivity contribution is 0.123. The first-order chi connectivity index (χ1) is 14.2. The van der Waals surface area contributed by atoms with Gasteiger partial charge in [0, 0.05) is 32.3 Å². The lowest BCUT2D eigenvalue weighted by atomic mass is 10.2. The smallest absolute Gasteiger partial charge is 0.377 e. The van der Waals surface area contributed by atoms with Gasteiger partial charge in [0.15, 0.2) is 4.34 Å². The van der Waals surface area contributed by atoms with Gasteiger partial charge in [0.2, 0.25) is 0 Å². The van der Waals surface area contributed by atoms with Gasteiger partial charge in [-0.2, -0.15) is 0 Å². The summed E-state index contributed by atoms with van der Waals surface area (Å²) in [5.74, 6) is 0. The third-order valence-corrected chi connectivity index (χ3v) is 16.6. The van der Waals surface area contributed by atoms with Gasteiger partial charge < -0.3 is 13.3 Å². The van der Waals surface area contributed by atoms with Crippen LogP contribution in [0.2, 0.25) is 6.04 Å². The van der Waals surface area contributed by atoms with Crippen molar-refractivity contribution in [3.05, 3.63) is 54.1 Å². The highest BCUT2D eigenvalue weighted by Crippen LogP contribution is 2.54. The Balaban J connectivity index is 1.47. The molecule has 0 spiro atoms. The highest BCUT2D eigenvalue weighted by Gasteiger charge is 2.37. The third kappa shape index (κ3) is 6.83. The van der Waals surface area contributed by atoms with Crippen molar-refractivity contribution < 1.29 is 13.3 Å². The molecule has 3 rings (SSSR count). The number of rotatable bonds is 12. The fourth-order valence-electron chi connectivity index (χ4n) is 2.63. The van der Waals surface area contributed by atoms with Crippen LogP contribution in [0.3, 0.4) is 0 Å². The summed E-state index contributed by atoms with van der Waals surface area (Å²) in [6, 6.07) is 17.5. The predicted molar refractivity (Wildman–Crippen MR) is 136 cm³/mol. The molecule has 2 aromatic carbocycles. The van der Waals surface area contributed by atoms with Crippen LogP contribution in [0.25, 0.3) is 10.2 Å². The van der Waals surface area contributed by atoms with Crippen molar-refractivity contribution in [3.63, 3.8) is 0 Å². The van der Waals surface area contributed by atoms with E-state index in [1.165, 1.54) is 15.2 Å². The zero-order chi connectivity index (χ0) is 20.5. The van der Waals surface area contributed by atoms with Gasteiger partial charge in [0.1, 0.15) is 0 Å². The van der Waals surface area contributed by atoms with Crippen LogP contribution in [-0.4, -0.2) is 35.1 Å². The van der Waals surface area contributed by atoms with Crippen LogP contribution in [-0.2, 0) is 19.7 Å². The van der Waals surface area contributed by atoms with Gasteiger partial charge in [-0.05, 0) is 81.2 Å². The minimum atomic E-state index is -2.55. The Bertz CT molecular complexity index is 867. The van der Waals surface area contributed by atoms with E-state index in [4.69, 9.17) is 13.3 Å². The average Bonchev–Trinajstić information content (AvgIpc) is 3.18. The van der Waals surface area contributed by atoms with Crippen LogP contribution in [0.1, 0.15) is 5.56 Å². The van der Waals surface area contributed by atoms with Crippen molar-refractivity contribution in [2.75, 3.05) is 21.3 Å². The number of hydrogen-bond acceptors (Lipinski definition) is 10. The highest BCUT2D eigenvalue weighted by atomic mass is 33.8. The molecule has 0 radical (unpaired) electrons. The molecule has 156 valence electrons. The quantitative estimate of drug-likeness (QED) is 0.138. The molecule has 0 aliphatic heterocycles. The Kier molecular flexibility index (Phi) is 10.1. The van der Waals surface area contributed by atoms with Crippen LogP contribution in [0.5, 0.6) is 0 Å². The van der Waals surface area contributed by atoms with E-state index < -0.39 is 8.80 Å². The summed E-state index contributed by atoms with van der Waals surface area (Å²) in [6.07, 6.45) is 0.865. The number of fused-ring (bicyclic) bond motifs is 1. The van der Waals surface area contributed by atoms with Crippen LogP contribution in [0.4, 0.5) is 0 Å². The highest BCUT2D eigenvalue weighted by molar-refractivity contribution is 9.35. The first-order valence-corrected chi connectivity index (χ1v) is 17.5. The van der Waals surface area contributed by atoms with E-state index in [-0.39, 0.29) is 0 Å². The van der Waals surface area contributed by atoms with Crippen molar-refractivity contribution in [3.8, 4) is 0 Å². The number of nitrogens with zero attached hydrogens (tertiary/aromatic N) is 1. The number of aryl methyl sites for hydroxylation is 1. The maximum Gasteiger partial charge on any atom is 0.500 e. The third-order valence-electron chi connectivity index (χ3n) is 4.17. The maximum absolute atomic E-state index is 5.54. The molecular weight excluding hydrogens is 499 g/mol. The Labute approximate surface area is 195 Å². The molecule has 4 nitrogen and oxygen atoms in total. The Hall–Kier alpha value is 0.177. The largest absolute Gasteiger partial charge is 0.500 e. The maximum atomic E-state index is 5.54. The molecule has 11 heteroatoms. The standard InChI is InChI=1S/C18H21NO3S6Si/c1-20-29(21-2,22-3)13-12-14-8-4-6-10-16(14)24-26-28-27-25-18-19-15-9-5-7-11-17(15)23-18/h4-11H,12-13H2,1-3H3. The molecule has 0 saturated carbocycles. The Morgan fingerprint density at radius 3 is 2.31 bits per heavy atom. The molecular formula is C18H21NO3S6Si. The second-order valence-electron chi connectivity index (χ2n) is 5.72. The Morgan fingerprint density at radius 2 is 1.55 bits per heavy atom.